The maximum Gasteiger partial charge on any atom is 0.412 e. The van der Waals surface area contributed by atoms with Gasteiger partial charge in [-0.15, -0.1) is 6.58 Å². The van der Waals surface area contributed by atoms with Crippen molar-refractivity contribution in [3.05, 3.63) is 48.1 Å². The lowest BCUT2D eigenvalue weighted by Crippen LogP contribution is -2.70. The molecule has 2 aliphatic carbocycles. The number of unbranched alkanes of at least 4 members (excludes halogenated alkanes) is 20. The number of carbonyl (C=O) groups is 2. The van der Waals surface area contributed by atoms with Gasteiger partial charge in [-0.2, -0.15) is 0 Å². The van der Waals surface area contributed by atoms with Crippen molar-refractivity contribution >= 4 is 17.9 Å². The zero-order valence-corrected chi connectivity index (χ0v) is 44.4. The van der Waals surface area contributed by atoms with Gasteiger partial charge < -0.3 is 39.3 Å². The lowest BCUT2D eigenvalue weighted by molar-refractivity contribution is -0.255. The number of hydrogen-bond acceptors (Lipinski definition) is 10. The van der Waals surface area contributed by atoms with Crippen molar-refractivity contribution in [1.29, 1.82) is 0 Å². The van der Waals surface area contributed by atoms with Crippen LogP contribution in [0.1, 0.15) is 219 Å². The number of fused-ring (bicyclic) bond motifs is 2. The Morgan fingerprint density at radius 2 is 1.41 bits per heavy atom. The van der Waals surface area contributed by atoms with Crippen LogP contribution in [0.4, 0.5) is 9.59 Å². The quantitative estimate of drug-likeness (QED) is 0.0333. The minimum absolute atomic E-state index is 0.0452. The zero-order valence-electron chi connectivity index (χ0n) is 44.4. The number of carbonyl (C=O) groups excluding carboxylic acids is 2. The molecule has 1 fully saturated rings. The Morgan fingerprint density at radius 3 is 2.01 bits per heavy atom. The molecule has 4 rings (SSSR count). The van der Waals surface area contributed by atoms with E-state index in [2.05, 4.69) is 38.7 Å². The number of aliphatic hydroxyl groups is 2. The average molecular weight is 980 g/mol. The van der Waals surface area contributed by atoms with E-state index in [9.17, 15) is 19.8 Å². The van der Waals surface area contributed by atoms with E-state index in [1.54, 1.807) is 12.1 Å². The van der Waals surface area contributed by atoms with Crippen LogP contribution >= 0.6 is 0 Å². The molecule has 1 aromatic rings. The van der Waals surface area contributed by atoms with Gasteiger partial charge in [0.2, 0.25) is 5.79 Å². The largest absolute Gasteiger partial charge is 0.459 e. The first-order chi connectivity index (χ1) is 34.3. The number of ether oxygens (including phenoxy) is 4. The number of rotatable bonds is 39. The number of aliphatic hydroxyl groups excluding tert-OH is 2. The third kappa shape index (κ3) is 18.5. The molecule has 1 saturated carbocycles. The number of nitrogens with zero attached hydrogens (tertiary/aromatic N) is 2. The Morgan fingerprint density at radius 1 is 0.800 bits per heavy atom. The van der Waals surface area contributed by atoms with Crippen LogP contribution in [0.2, 0.25) is 0 Å². The Balaban J connectivity index is 1.67. The molecule has 1 aromatic carbocycles. The maximum absolute atomic E-state index is 14.6. The lowest BCUT2D eigenvalue weighted by atomic mass is 9.55. The fourth-order valence-electron chi connectivity index (χ4n) is 11.2. The SMILES string of the molecule is C=CCO[C@@]12Oc3ccc(OC(=O)NCCCCCCCCCCCC)cc3[C@H]3[C@H](CCCCO)[C@@H](CCCCO)C=C(C(=NOCC)C[C@@H]1N(CCC)C(=O)OCCCCCCCCCCCC)[C@H]32. The molecule has 1 heterocycles. The van der Waals surface area contributed by atoms with Gasteiger partial charge in [-0.25, -0.2) is 9.59 Å². The Hall–Kier alpha value is -3.61. The molecule has 0 unspecified atom stereocenters. The van der Waals surface area contributed by atoms with Crippen molar-refractivity contribution in [3.8, 4) is 11.5 Å². The third-order valence-electron chi connectivity index (χ3n) is 14.8. The summed E-state index contributed by atoms with van der Waals surface area (Å²) in [5.74, 6) is -0.914. The molecule has 70 heavy (non-hydrogen) atoms. The maximum atomic E-state index is 14.6. The van der Waals surface area contributed by atoms with Gasteiger partial charge in [0, 0.05) is 44.2 Å². The highest BCUT2D eigenvalue weighted by Crippen LogP contribution is 2.62. The molecule has 0 saturated heterocycles. The van der Waals surface area contributed by atoms with Gasteiger partial charge in [0.05, 0.1) is 24.8 Å². The first-order valence-electron chi connectivity index (χ1n) is 28.4. The van der Waals surface area contributed by atoms with Crippen molar-refractivity contribution in [2.24, 2.45) is 22.9 Å². The van der Waals surface area contributed by atoms with Crippen LogP contribution in [0, 0.1) is 17.8 Å². The average Bonchev–Trinajstić information content (AvgIpc) is 3.36. The van der Waals surface area contributed by atoms with Crippen LogP contribution in [0.3, 0.4) is 0 Å². The molecule has 0 aromatic heterocycles. The summed E-state index contributed by atoms with van der Waals surface area (Å²) in [4.78, 5) is 35.6. The minimum Gasteiger partial charge on any atom is -0.459 e. The predicted molar refractivity (Wildman–Crippen MR) is 283 cm³/mol. The highest BCUT2D eigenvalue weighted by Gasteiger charge is 2.65. The van der Waals surface area contributed by atoms with E-state index in [1.165, 1.54) is 96.3 Å². The monoisotopic (exact) mass is 980 g/mol. The number of allylic oxidation sites excluding steroid dienone is 1. The van der Waals surface area contributed by atoms with Gasteiger partial charge in [0.1, 0.15) is 24.1 Å². The van der Waals surface area contributed by atoms with E-state index >= 15 is 0 Å². The Kier molecular flexibility index (Phi) is 29.2. The second kappa shape index (κ2) is 34.7. The number of hydrogen-bond donors (Lipinski definition) is 3. The first-order valence-corrected chi connectivity index (χ1v) is 28.4. The predicted octanol–water partition coefficient (Wildman–Crippen LogP) is 14.1. The highest BCUT2D eigenvalue weighted by molar-refractivity contribution is 6.03. The molecule has 0 spiro atoms. The molecule has 0 bridgehead atoms. The summed E-state index contributed by atoms with van der Waals surface area (Å²) in [6.45, 7) is 14.6. The van der Waals surface area contributed by atoms with Gasteiger partial charge in [0.25, 0.3) is 0 Å². The lowest BCUT2D eigenvalue weighted by Gasteiger charge is -2.59. The molecule has 0 radical (unpaired) electrons. The third-order valence-corrected chi connectivity index (χ3v) is 14.8. The second-order valence-corrected chi connectivity index (χ2v) is 20.2. The van der Waals surface area contributed by atoms with E-state index in [-0.39, 0.29) is 37.6 Å². The van der Waals surface area contributed by atoms with Crippen molar-refractivity contribution in [1.82, 2.24) is 10.2 Å². The second-order valence-electron chi connectivity index (χ2n) is 20.2. The summed E-state index contributed by atoms with van der Waals surface area (Å²) >= 11 is 0. The van der Waals surface area contributed by atoms with Gasteiger partial charge in [-0.3, -0.25) is 4.90 Å². The van der Waals surface area contributed by atoms with Crippen LogP contribution in [0.5, 0.6) is 11.5 Å². The van der Waals surface area contributed by atoms with Gasteiger partial charge >= 0.3 is 12.2 Å². The smallest absolute Gasteiger partial charge is 0.412 e. The van der Waals surface area contributed by atoms with Crippen LogP contribution in [-0.2, 0) is 14.3 Å². The van der Waals surface area contributed by atoms with E-state index in [4.69, 9.17) is 28.9 Å². The number of benzene rings is 1. The van der Waals surface area contributed by atoms with Crippen LogP contribution in [0.15, 0.2) is 47.7 Å². The van der Waals surface area contributed by atoms with Gasteiger partial charge in [0.15, 0.2) is 0 Å². The molecule has 1 aliphatic heterocycles. The highest BCUT2D eigenvalue weighted by atomic mass is 16.7. The minimum atomic E-state index is -1.38. The van der Waals surface area contributed by atoms with Crippen molar-refractivity contribution in [2.45, 2.75) is 225 Å². The summed E-state index contributed by atoms with van der Waals surface area (Å²) in [6.07, 6.45) is 32.9. The normalized spacial score (nSPS) is 21.8. The van der Waals surface area contributed by atoms with Gasteiger partial charge in [-0.05, 0) is 87.5 Å². The Labute approximate surface area is 424 Å². The van der Waals surface area contributed by atoms with E-state index in [0.29, 0.717) is 63.5 Å². The van der Waals surface area contributed by atoms with Crippen molar-refractivity contribution < 1.29 is 43.6 Å². The fourth-order valence-corrected chi connectivity index (χ4v) is 11.2. The van der Waals surface area contributed by atoms with Crippen LogP contribution < -0.4 is 14.8 Å². The topological polar surface area (TPSA) is 148 Å². The molecule has 12 heteroatoms. The summed E-state index contributed by atoms with van der Waals surface area (Å²) < 4.78 is 26.6. The number of nitrogens with one attached hydrogen (secondary N) is 1. The number of amides is 2. The molecular formula is C58H97N3O9. The molecule has 6 atom stereocenters. The standard InChI is InChI=1S/C58H97N3O9/c1-6-11-13-15-17-19-21-23-25-29-37-59-56(64)69-47-35-36-52-50(44-47)54-48(34-28-31-40-63)46(33-27-30-39-62)43-49-51(60-68-10-5)45-53(58(70-52,55(49)54)67-41-9-4)61(38-8-3)57(65)66-42-32-26-24-22-20-18-16-14-12-7-2/h9,35-36,43-44,46,48,53-55,62-63H,4,6-8,10-34,37-42,45H2,1-3,5H3,(H,59,64)/t46-,48+,53-,54+,55+,58+/m0/s1. The number of oxime groups is 1. The summed E-state index contributed by atoms with van der Waals surface area (Å²) in [7, 11) is 0. The van der Waals surface area contributed by atoms with Crippen molar-refractivity contribution in [2.75, 3.05) is 46.1 Å². The van der Waals surface area contributed by atoms with Gasteiger partial charge in [-0.1, -0.05) is 166 Å². The van der Waals surface area contributed by atoms with Crippen LogP contribution in [0.25, 0.3) is 0 Å². The summed E-state index contributed by atoms with van der Waals surface area (Å²) in [5.41, 5.74) is 2.61. The molecule has 3 aliphatic rings. The Bertz CT molecular complexity index is 1690. The van der Waals surface area contributed by atoms with E-state index < -0.39 is 29.9 Å². The van der Waals surface area contributed by atoms with E-state index in [1.807, 2.05) is 24.0 Å². The molecular weight excluding hydrogens is 883 g/mol. The molecule has 398 valence electrons. The molecule has 3 N–H and O–H groups in total. The van der Waals surface area contributed by atoms with Crippen LogP contribution in [-0.4, -0.2) is 91.0 Å². The van der Waals surface area contributed by atoms with Crippen molar-refractivity contribution in [3.63, 3.8) is 0 Å². The summed E-state index contributed by atoms with van der Waals surface area (Å²) in [6, 6.07) is 4.97. The fraction of sp³-hybridized carbons (Fsp3) is 0.776. The molecule has 12 nitrogen and oxygen atoms in total. The van der Waals surface area contributed by atoms with E-state index in [0.717, 1.165) is 74.6 Å². The molecule has 2 amide bonds. The first kappa shape index (κ1) is 59.0. The summed E-state index contributed by atoms with van der Waals surface area (Å²) in [5, 5.41) is 27.7. The zero-order chi connectivity index (χ0) is 50.2.